The largest absolute Gasteiger partial charge is 0.372 e. The topological polar surface area (TPSA) is 73.8 Å². The Labute approximate surface area is 196 Å². The first-order valence-electron chi connectivity index (χ1n) is 10.4. The fraction of sp³-hybridized carbons (Fsp3) is 0.160. The van der Waals surface area contributed by atoms with Gasteiger partial charge in [0.1, 0.15) is 0 Å². The number of hydrogen-bond donors (Lipinski definition) is 2. The fourth-order valence-electron chi connectivity index (χ4n) is 3.16. The summed E-state index contributed by atoms with van der Waals surface area (Å²) in [6.45, 7) is 6.13. The van der Waals surface area contributed by atoms with Crippen molar-refractivity contribution in [3.63, 3.8) is 0 Å². The number of benzene rings is 3. The van der Waals surface area contributed by atoms with Gasteiger partial charge in [-0.3, -0.25) is 9.59 Å². The Morgan fingerprint density at radius 3 is 2.22 bits per heavy atom. The maximum Gasteiger partial charge on any atom is 0.271 e. The summed E-state index contributed by atoms with van der Waals surface area (Å²) in [6, 6.07) is 21.8. The van der Waals surface area contributed by atoms with E-state index in [4.69, 9.17) is 0 Å². The molecule has 0 fully saturated rings. The van der Waals surface area contributed by atoms with Gasteiger partial charge in [0, 0.05) is 40.1 Å². The summed E-state index contributed by atoms with van der Waals surface area (Å²) < 4.78 is 0.818. The summed E-state index contributed by atoms with van der Waals surface area (Å²) in [6.07, 6.45) is 1.60. The third kappa shape index (κ3) is 6.28. The highest BCUT2D eigenvalue weighted by molar-refractivity contribution is 9.10. The number of carbonyl (C=O) groups excluding carboxylic acids is 2. The second-order valence-corrected chi connectivity index (χ2v) is 7.92. The van der Waals surface area contributed by atoms with Crippen LogP contribution in [0.2, 0.25) is 0 Å². The van der Waals surface area contributed by atoms with E-state index in [0.717, 1.165) is 28.8 Å². The zero-order valence-electron chi connectivity index (χ0n) is 18.0. The molecular weight excluding hydrogens is 468 g/mol. The molecule has 0 atom stereocenters. The van der Waals surface area contributed by atoms with E-state index in [0.29, 0.717) is 16.8 Å². The van der Waals surface area contributed by atoms with Crippen LogP contribution in [0.4, 0.5) is 11.4 Å². The molecule has 0 bridgehead atoms. The van der Waals surface area contributed by atoms with Crippen LogP contribution in [-0.4, -0.2) is 31.1 Å². The molecule has 32 heavy (non-hydrogen) atoms. The molecule has 0 saturated carbocycles. The van der Waals surface area contributed by atoms with Crippen LogP contribution in [0.3, 0.4) is 0 Å². The summed E-state index contributed by atoms with van der Waals surface area (Å²) >= 11 is 3.36. The first kappa shape index (κ1) is 23.2. The minimum atomic E-state index is -0.362. The molecule has 0 unspecified atom stereocenters. The molecule has 0 spiro atoms. The van der Waals surface area contributed by atoms with Gasteiger partial charge in [0.25, 0.3) is 11.8 Å². The minimum Gasteiger partial charge on any atom is -0.372 e. The second-order valence-electron chi connectivity index (χ2n) is 7.01. The quantitative estimate of drug-likeness (QED) is 0.330. The minimum absolute atomic E-state index is 0.255. The molecule has 0 heterocycles. The molecule has 3 aromatic carbocycles. The SMILES string of the molecule is CCN(CC)c1ccc(/C=N/NC(=O)c2cccc(NC(=O)c3cccc(Br)c3)c2)cc1. The number of nitrogens with zero attached hydrogens (tertiary/aromatic N) is 2. The highest BCUT2D eigenvalue weighted by atomic mass is 79.9. The Morgan fingerprint density at radius 1 is 0.906 bits per heavy atom. The Hall–Kier alpha value is -3.45. The Balaban J connectivity index is 1.60. The average molecular weight is 493 g/mol. The molecule has 0 aliphatic carbocycles. The number of anilines is 2. The van der Waals surface area contributed by atoms with Gasteiger partial charge in [0.05, 0.1) is 6.21 Å². The maximum atomic E-state index is 12.5. The molecule has 6 nitrogen and oxygen atoms in total. The first-order chi connectivity index (χ1) is 15.5. The van der Waals surface area contributed by atoms with Gasteiger partial charge in [0.2, 0.25) is 0 Å². The molecular formula is C25H25BrN4O2. The summed E-state index contributed by atoms with van der Waals surface area (Å²) in [7, 11) is 0. The smallest absolute Gasteiger partial charge is 0.271 e. The van der Waals surface area contributed by atoms with Crippen molar-refractivity contribution in [1.82, 2.24) is 5.43 Å². The Morgan fingerprint density at radius 2 is 1.56 bits per heavy atom. The first-order valence-corrected chi connectivity index (χ1v) is 11.1. The number of nitrogens with one attached hydrogen (secondary N) is 2. The van der Waals surface area contributed by atoms with Crippen LogP contribution in [0.15, 0.2) is 82.4 Å². The lowest BCUT2D eigenvalue weighted by Crippen LogP contribution is -2.21. The molecule has 164 valence electrons. The van der Waals surface area contributed by atoms with E-state index >= 15 is 0 Å². The van der Waals surface area contributed by atoms with E-state index in [-0.39, 0.29) is 11.8 Å². The van der Waals surface area contributed by atoms with E-state index in [1.807, 2.05) is 30.3 Å². The van der Waals surface area contributed by atoms with Gasteiger partial charge < -0.3 is 10.2 Å². The molecule has 0 aromatic heterocycles. The summed E-state index contributed by atoms with van der Waals surface area (Å²) in [5, 5.41) is 6.85. The maximum absolute atomic E-state index is 12.5. The molecule has 0 aliphatic heterocycles. The number of rotatable bonds is 8. The molecule has 3 rings (SSSR count). The van der Waals surface area contributed by atoms with Crippen LogP contribution in [0.25, 0.3) is 0 Å². The number of halogens is 1. The van der Waals surface area contributed by atoms with Gasteiger partial charge in [-0.2, -0.15) is 5.10 Å². The van der Waals surface area contributed by atoms with E-state index < -0.39 is 0 Å². The molecule has 7 heteroatoms. The van der Waals surface area contributed by atoms with E-state index in [1.54, 1.807) is 48.7 Å². The van der Waals surface area contributed by atoms with Crippen LogP contribution >= 0.6 is 15.9 Å². The predicted molar refractivity (Wildman–Crippen MR) is 134 cm³/mol. The standard InChI is InChI=1S/C25H25BrN4O2/c1-3-30(4-2)23-13-11-18(12-14-23)17-27-29-25(32)20-8-6-10-22(16-20)28-24(31)19-7-5-9-21(26)15-19/h5-17H,3-4H2,1-2H3,(H,28,31)(H,29,32)/b27-17+. The molecule has 0 aliphatic rings. The highest BCUT2D eigenvalue weighted by Gasteiger charge is 2.09. The Kier molecular flexibility index (Phi) is 8.16. The lowest BCUT2D eigenvalue weighted by Gasteiger charge is -2.20. The number of amides is 2. The average Bonchev–Trinajstić information content (AvgIpc) is 2.81. The molecule has 3 aromatic rings. The van der Waals surface area contributed by atoms with Crippen LogP contribution in [0, 0.1) is 0 Å². The number of hydrogen-bond acceptors (Lipinski definition) is 4. The normalized spacial score (nSPS) is 10.7. The van der Waals surface area contributed by atoms with Gasteiger partial charge in [-0.1, -0.05) is 40.2 Å². The van der Waals surface area contributed by atoms with Crippen molar-refractivity contribution in [1.29, 1.82) is 0 Å². The molecule has 2 N–H and O–H groups in total. The highest BCUT2D eigenvalue weighted by Crippen LogP contribution is 2.16. The van der Waals surface area contributed by atoms with E-state index in [1.165, 1.54) is 0 Å². The van der Waals surface area contributed by atoms with Gasteiger partial charge in [-0.25, -0.2) is 5.43 Å². The zero-order valence-corrected chi connectivity index (χ0v) is 19.6. The van der Waals surface area contributed by atoms with E-state index in [2.05, 4.69) is 50.5 Å². The van der Waals surface area contributed by atoms with Crippen molar-refractivity contribution >= 4 is 45.3 Å². The number of carbonyl (C=O) groups is 2. The lowest BCUT2D eigenvalue weighted by atomic mass is 10.1. The van der Waals surface area contributed by atoms with Crippen molar-refractivity contribution < 1.29 is 9.59 Å². The lowest BCUT2D eigenvalue weighted by molar-refractivity contribution is 0.0953. The van der Waals surface area contributed by atoms with Gasteiger partial charge in [-0.05, 0) is 67.9 Å². The van der Waals surface area contributed by atoms with Crippen LogP contribution in [0.1, 0.15) is 40.1 Å². The number of hydrazone groups is 1. The predicted octanol–water partition coefficient (Wildman–Crippen LogP) is 5.31. The monoisotopic (exact) mass is 492 g/mol. The third-order valence-electron chi connectivity index (χ3n) is 4.87. The molecule has 2 amide bonds. The summed E-state index contributed by atoms with van der Waals surface area (Å²) in [4.78, 5) is 27.1. The van der Waals surface area contributed by atoms with Crippen LogP contribution in [-0.2, 0) is 0 Å². The fourth-order valence-corrected chi connectivity index (χ4v) is 3.56. The Bertz CT molecular complexity index is 1110. The second kappa shape index (κ2) is 11.2. The molecule has 0 radical (unpaired) electrons. The van der Waals surface area contributed by atoms with Crippen molar-refractivity contribution in [3.05, 3.63) is 94.0 Å². The zero-order chi connectivity index (χ0) is 22.9. The van der Waals surface area contributed by atoms with Crippen molar-refractivity contribution in [2.24, 2.45) is 5.10 Å². The van der Waals surface area contributed by atoms with Gasteiger partial charge in [-0.15, -0.1) is 0 Å². The molecule has 0 saturated heterocycles. The van der Waals surface area contributed by atoms with Crippen LogP contribution < -0.4 is 15.6 Å². The third-order valence-corrected chi connectivity index (χ3v) is 5.36. The van der Waals surface area contributed by atoms with Crippen LogP contribution in [0.5, 0.6) is 0 Å². The van der Waals surface area contributed by atoms with Gasteiger partial charge >= 0.3 is 0 Å². The van der Waals surface area contributed by atoms with Crippen molar-refractivity contribution in [2.75, 3.05) is 23.3 Å². The summed E-state index contributed by atoms with van der Waals surface area (Å²) in [5.41, 5.74) is 6.00. The van der Waals surface area contributed by atoms with Crippen molar-refractivity contribution in [2.45, 2.75) is 13.8 Å². The van der Waals surface area contributed by atoms with Gasteiger partial charge in [0.15, 0.2) is 0 Å². The van der Waals surface area contributed by atoms with E-state index in [9.17, 15) is 9.59 Å². The summed E-state index contributed by atoms with van der Waals surface area (Å²) in [5.74, 6) is -0.616. The van der Waals surface area contributed by atoms with Crippen molar-refractivity contribution in [3.8, 4) is 0 Å².